The molecule has 1 aromatic rings. The topological polar surface area (TPSA) is 42.7 Å². The molecule has 0 aliphatic carbocycles. The average Bonchev–Trinajstić information content (AvgIpc) is 3.08. The number of thioether (sulfide) groups is 1. The van der Waals surface area contributed by atoms with Gasteiger partial charge in [0, 0.05) is 13.1 Å². The first-order chi connectivity index (χ1) is 9.11. The highest BCUT2D eigenvalue weighted by Gasteiger charge is 2.21. The molecule has 0 spiro atoms. The highest BCUT2D eigenvalue weighted by Crippen LogP contribution is 2.32. The SMILES string of the molecule is COC(=O)c1ccc(C(C)SC(=S)N2CCCC2)o1. The molecule has 6 heteroatoms. The van der Waals surface area contributed by atoms with Gasteiger partial charge >= 0.3 is 5.97 Å². The number of ether oxygens (including phenoxy) is 1. The predicted octanol–water partition coefficient (Wildman–Crippen LogP) is 3.24. The number of likely N-dealkylation sites (tertiary alicyclic amines) is 1. The van der Waals surface area contributed by atoms with Gasteiger partial charge in [-0.05, 0) is 31.9 Å². The van der Waals surface area contributed by atoms with Crippen LogP contribution < -0.4 is 0 Å². The van der Waals surface area contributed by atoms with Crippen LogP contribution in [-0.4, -0.2) is 35.4 Å². The minimum absolute atomic E-state index is 0.0894. The Morgan fingerprint density at radius 2 is 2.16 bits per heavy atom. The van der Waals surface area contributed by atoms with Gasteiger partial charge in [0.25, 0.3) is 0 Å². The average molecular weight is 299 g/mol. The number of rotatable bonds is 3. The van der Waals surface area contributed by atoms with Crippen molar-refractivity contribution < 1.29 is 13.9 Å². The normalized spacial score (nSPS) is 16.4. The first-order valence-corrected chi connectivity index (χ1v) is 7.54. The van der Waals surface area contributed by atoms with Crippen LogP contribution >= 0.6 is 24.0 Å². The molecule has 0 radical (unpaired) electrons. The molecule has 4 nitrogen and oxygen atoms in total. The fourth-order valence-corrected chi connectivity index (χ4v) is 3.46. The fraction of sp³-hybridized carbons (Fsp3) is 0.538. The van der Waals surface area contributed by atoms with E-state index in [0.29, 0.717) is 0 Å². The summed E-state index contributed by atoms with van der Waals surface area (Å²) in [6.45, 7) is 4.11. The van der Waals surface area contributed by atoms with Crippen molar-refractivity contribution in [2.45, 2.75) is 25.0 Å². The Morgan fingerprint density at radius 1 is 1.47 bits per heavy atom. The van der Waals surface area contributed by atoms with Crippen LogP contribution in [0.1, 0.15) is 41.3 Å². The third kappa shape index (κ3) is 3.51. The quantitative estimate of drug-likeness (QED) is 0.630. The first-order valence-electron chi connectivity index (χ1n) is 6.25. The lowest BCUT2D eigenvalue weighted by molar-refractivity contribution is 0.0563. The Kier molecular flexibility index (Phi) is 4.87. The van der Waals surface area contributed by atoms with Gasteiger partial charge in [-0.25, -0.2) is 4.79 Å². The van der Waals surface area contributed by atoms with E-state index in [1.54, 1.807) is 23.9 Å². The van der Waals surface area contributed by atoms with Gasteiger partial charge in [-0.1, -0.05) is 24.0 Å². The number of furan rings is 1. The van der Waals surface area contributed by atoms with Crippen molar-refractivity contribution in [1.29, 1.82) is 0 Å². The van der Waals surface area contributed by atoms with Gasteiger partial charge in [-0.2, -0.15) is 0 Å². The van der Waals surface area contributed by atoms with E-state index in [0.717, 1.165) is 23.2 Å². The Balaban J connectivity index is 1.95. The maximum Gasteiger partial charge on any atom is 0.373 e. The molecule has 104 valence electrons. The third-order valence-electron chi connectivity index (χ3n) is 3.06. The first kappa shape index (κ1) is 14.4. The number of hydrogen-bond acceptors (Lipinski definition) is 5. The van der Waals surface area contributed by atoms with Gasteiger partial charge in [0.2, 0.25) is 5.76 Å². The van der Waals surface area contributed by atoms with Crippen molar-refractivity contribution in [3.05, 3.63) is 23.7 Å². The van der Waals surface area contributed by atoms with Crippen LogP contribution in [0.25, 0.3) is 0 Å². The molecule has 0 saturated carbocycles. The number of hydrogen-bond donors (Lipinski definition) is 0. The van der Waals surface area contributed by atoms with Gasteiger partial charge in [0.05, 0.1) is 12.4 Å². The zero-order chi connectivity index (χ0) is 13.8. The minimum Gasteiger partial charge on any atom is -0.463 e. The molecule has 1 unspecified atom stereocenters. The smallest absolute Gasteiger partial charge is 0.373 e. The van der Waals surface area contributed by atoms with E-state index in [2.05, 4.69) is 9.64 Å². The molecule has 1 aliphatic rings. The maximum atomic E-state index is 11.3. The van der Waals surface area contributed by atoms with E-state index >= 15 is 0 Å². The molecule has 2 heterocycles. The third-order valence-corrected chi connectivity index (χ3v) is 4.65. The van der Waals surface area contributed by atoms with Crippen molar-refractivity contribution >= 4 is 34.3 Å². The predicted molar refractivity (Wildman–Crippen MR) is 79.5 cm³/mol. The molecule has 1 atom stereocenters. The summed E-state index contributed by atoms with van der Waals surface area (Å²) in [4.78, 5) is 13.5. The number of methoxy groups -OCH3 is 1. The number of carbonyl (C=O) groups is 1. The van der Waals surface area contributed by atoms with Crippen molar-refractivity contribution in [2.75, 3.05) is 20.2 Å². The summed E-state index contributed by atoms with van der Waals surface area (Å²) in [6.07, 6.45) is 2.42. The van der Waals surface area contributed by atoms with Gasteiger partial charge < -0.3 is 14.1 Å². The molecule has 0 N–H and O–H groups in total. The summed E-state index contributed by atoms with van der Waals surface area (Å²) in [5, 5.41) is 0.0894. The van der Waals surface area contributed by atoms with Gasteiger partial charge in [0.15, 0.2) is 0 Å². The van der Waals surface area contributed by atoms with Crippen molar-refractivity contribution in [2.24, 2.45) is 0 Å². The van der Waals surface area contributed by atoms with Crippen LogP contribution in [-0.2, 0) is 4.74 Å². The number of carbonyl (C=O) groups excluding carboxylic acids is 1. The summed E-state index contributed by atoms with van der Waals surface area (Å²) in [5.74, 6) is 0.523. The summed E-state index contributed by atoms with van der Waals surface area (Å²) in [5.41, 5.74) is 0. The minimum atomic E-state index is -0.453. The molecule has 19 heavy (non-hydrogen) atoms. The fourth-order valence-electron chi connectivity index (χ4n) is 1.97. The number of thiocarbonyl (C=S) groups is 1. The van der Waals surface area contributed by atoms with Gasteiger partial charge in [0.1, 0.15) is 10.1 Å². The second-order valence-corrected chi connectivity index (χ2v) is 6.39. The summed E-state index contributed by atoms with van der Waals surface area (Å²) >= 11 is 7.02. The standard InChI is InChI=1S/C13H17NO3S2/c1-9(19-13(18)14-7-3-4-8-14)10-5-6-11(17-10)12(15)16-2/h5-6,9H,3-4,7-8H2,1-2H3. The summed E-state index contributed by atoms with van der Waals surface area (Å²) < 4.78 is 11.0. The maximum absolute atomic E-state index is 11.3. The van der Waals surface area contributed by atoms with Crippen molar-refractivity contribution in [3.63, 3.8) is 0 Å². The van der Waals surface area contributed by atoms with E-state index in [1.807, 2.05) is 6.92 Å². The van der Waals surface area contributed by atoms with Gasteiger partial charge in [-0.3, -0.25) is 0 Å². The Hall–Kier alpha value is -1.01. The van der Waals surface area contributed by atoms with Crippen LogP contribution in [0.4, 0.5) is 0 Å². The molecule has 0 amide bonds. The lowest BCUT2D eigenvalue weighted by Gasteiger charge is -2.19. The van der Waals surface area contributed by atoms with Gasteiger partial charge in [-0.15, -0.1) is 0 Å². The zero-order valence-corrected chi connectivity index (χ0v) is 12.7. The van der Waals surface area contributed by atoms with Crippen LogP contribution in [0.15, 0.2) is 16.5 Å². The van der Waals surface area contributed by atoms with E-state index < -0.39 is 5.97 Å². The molecule has 1 fully saturated rings. The monoisotopic (exact) mass is 299 g/mol. The van der Waals surface area contributed by atoms with Crippen LogP contribution in [0.2, 0.25) is 0 Å². The lowest BCUT2D eigenvalue weighted by atomic mass is 10.3. The number of nitrogens with zero attached hydrogens (tertiary/aromatic N) is 1. The Bertz CT molecular complexity index is 466. The molecule has 0 aromatic carbocycles. The van der Waals surface area contributed by atoms with E-state index in [-0.39, 0.29) is 11.0 Å². The summed E-state index contributed by atoms with van der Waals surface area (Å²) in [7, 11) is 1.34. The molecule has 2 rings (SSSR count). The van der Waals surface area contributed by atoms with Crippen LogP contribution in [0, 0.1) is 0 Å². The lowest BCUT2D eigenvalue weighted by Crippen LogP contribution is -2.23. The Labute approximate surface area is 122 Å². The van der Waals surface area contributed by atoms with E-state index in [1.165, 1.54) is 20.0 Å². The van der Waals surface area contributed by atoms with Crippen molar-refractivity contribution in [1.82, 2.24) is 4.90 Å². The largest absolute Gasteiger partial charge is 0.463 e. The molecule has 1 saturated heterocycles. The second kappa shape index (κ2) is 6.43. The van der Waals surface area contributed by atoms with Crippen molar-refractivity contribution in [3.8, 4) is 0 Å². The molecular weight excluding hydrogens is 282 g/mol. The molecular formula is C13H17NO3S2. The second-order valence-electron chi connectivity index (χ2n) is 4.41. The zero-order valence-electron chi connectivity index (χ0n) is 11.0. The number of esters is 1. The Morgan fingerprint density at radius 3 is 2.79 bits per heavy atom. The highest BCUT2D eigenvalue weighted by atomic mass is 32.2. The van der Waals surface area contributed by atoms with E-state index in [4.69, 9.17) is 16.6 Å². The summed E-state index contributed by atoms with van der Waals surface area (Å²) in [6, 6.07) is 3.44. The van der Waals surface area contributed by atoms with Crippen LogP contribution in [0.3, 0.4) is 0 Å². The van der Waals surface area contributed by atoms with E-state index in [9.17, 15) is 4.79 Å². The molecule has 0 bridgehead atoms. The highest BCUT2D eigenvalue weighted by molar-refractivity contribution is 8.23. The molecule has 1 aromatic heterocycles. The molecule has 1 aliphatic heterocycles. The van der Waals surface area contributed by atoms with Crippen LogP contribution in [0.5, 0.6) is 0 Å².